The predicted molar refractivity (Wildman–Crippen MR) is 50.0 cm³/mol. The zero-order valence-electron chi connectivity index (χ0n) is 6.25. The summed E-state index contributed by atoms with van der Waals surface area (Å²) in [7, 11) is 0. The highest BCUT2D eigenvalue weighted by atomic mass is 35.5. The Balaban J connectivity index is 2.58. The van der Waals surface area contributed by atoms with Crippen molar-refractivity contribution >= 4 is 29.2 Å². The molecule has 2 N–H and O–H groups in total. The van der Waals surface area contributed by atoms with Crippen molar-refractivity contribution in [2.75, 3.05) is 17.7 Å². The second kappa shape index (κ2) is 3.88. The van der Waals surface area contributed by atoms with Crippen LogP contribution in [0.4, 0.5) is 5.82 Å². The lowest BCUT2D eigenvalue weighted by molar-refractivity contribution is 0.670. The van der Waals surface area contributed by atoms with Crippen LogP contribution in [0.2, 0.25) is 5.02 Å². The number of thioether (sulfide) groups is 1. The number of rotatable bonds is 3. The predicted octanol–water partition coefficient (Wildman–Crippen LogP) is 1.48. The lowest BCUT2D eigenvalue weighted by Crippen LogP contribution is -2.01. The van der Waals surface area contributed by atoms with E-state index in [4.69, 9.17) is 17.3 Å². The number of anilines is 1. The molecule has 1 rings (SSSR count). The molecule has 0 saturated carbocycles. The quantitative estimate of drug-likeness (QED) is 0.787. The molecule has 1 aromatic rings. The Hall–Kier alpha value is -0.350. The third-order valence-corrected chi connectivity index (χ3v) is 2.15. The molecule has 11 heavy (non-hydrogen) atoms. The van der Waals surface area contributed by atoms with Gasteiger partial charge < -0.3 is 5.73 Å². The average Bonchev–Trinajstić information content (AvgIpc) is 2.28. The molecule has 62 valence electrons. The Kier molecular flexibility index (Phi) is 3.08. The van der Waals surface area contributed by atoms with E-state index in [-0.39, 0.29) is 0 Å². The van der Waals surface area contributed by atoms with Crippen LogP contribution >= 0.6 is 23.4 Å². The van der Waals surface area contributed by atoms with E-state index in [1.54, 1.807) is 22.6 Å². The van der Waals surface area contributed by atoms with E-state index >= 15 is 0 Å². The molecule has 0 amide bonds. The average molecular weight is 192 g/mol. The Morgan fingerprint density at radius 1 is 1.82 bits per heavy atom. The second-order valence-corrected chi connectivity index (χ2v) is 3.51. The minimum absolute atomic E-state index is 0.410. The van der Waals surface area contributed by atoms with E-state index in [1.165, 1.54) is 0 Å². The number of nitrogens with zero attached hydrogens (tertiary/aromatic N) is 2. The fourth-order valence-electron chi connectivity index (χ4n) is 0.711. The zero-order valence-corrected chi connectivity index (χ0v) is 7.82. The second-order valence-electron chi connectivity index (χ2n) is 2.12. The van der Waals surface area contributed by atoms with Crippen LogP contribution in [0.15, 0.2) is 6.20 Å². The molecular weight excluding hydrogens is 182 g/mol. The van der Waals surface area contributed by atoms with Crippen LogP contribution in [0.3, 0.4) is 0 Å². The Labute approximate surface area is 74.9 Å². The monoisotopic (exact) mass is 191 g/mol. The summed E-state index contributed by atoms with van der Waals surface area (Å²) in [4.78, 5) is 0. The third kappa shape index (κ3) is 2.31. The summed E-state index contributed by atoms with van der Waals surface area (Å²) in [6, 6.07) is 0. The van der Waals surface area contributed by atoms with Gasteiger partial charge in [0.2, 0.25) is 0 Å². The number of hydrogen-bond donors (Lipinski definition) is 1. The fourth-order valence-corrected chi connectivity index (χ4v) is 1.23. The van der Waals surface area contributed by atoms with Crippen molar-refractivity contribution in [3.8, 4) is 0 Å². The molecule has 0 saturated heterocycles. The molecule has 1 aromatic heterocycles. The smallest absolute Gasteiger partial charge is 0.164 e. The largest absolute Gasteiger partial charge is 0.381 e. The summed E-state index contributed by atoms with van der Waals surface area (Å²) in [5.41, 5.74) is 5.44. The molecule has 3 nitrogen and oxygen atoms in total. The van der Waals surface area contributed by atoms with Crippen molar-refractivity contribution in [2.45, 2.75) is 6.54 Å². The molecule has 0 bridgehead atoms. The van der Waals surface area contributed by atoms with Crippen molar-refractivity contribution in [2.24, 2.45) is 0 Å². The van der Waals surface area contributed by atoms with Crippen LogP contribution < -0.4 is 5.73 Å². The first-order valence-electron chi connectivity index (χ1n) is 3.21. The summed E-state index contributed by atoms with van der Waals surface area (Å²) in [5, 5.41) is 4.53. The highest BCUT2D eigenvalue weighted by molar-refractivity contribution is 7.98. The van der Waals surface area contributed by atoms with Crippen LogP contribution in [-0.4, -0.2) is 21.8 Å². The lowest BCUT2D eigenvalue weighted by atomic mass is 10.6. The van der Waals surface area contributed by atoms with Gasteiger partial charge in [-0.2, -0.15) is 16.9 Å². The summed E-state index contributed by atoms with van der Waals surface area (Å²) in [6.07, 6.45) is 3.79. The van der Waals surface area contributed by atoms with Gasteiger partial charge in [0.25, 0.3) is 0 Å². The normalized spacial score (nSPS) is 10.4. The van der Waals surface area contributed by atoms with Crippen LogP contribution in [0, 0.1) is 0 Å². The molecular formula is C6H10ClN3S. The van der Waals surface area contributed by atoms with E-state index in [1.807, 2.05) is 0 Å². The molecule has 1 heterocycles. The van der Waals surface area contributed by atoms with E-state index in [0.29, 0.717) is 10.8 Å². The van der Waals surface area contributed by atoms with Gasteiger partial charge in [-0.15, -0.1) is 0 Å². The number of halogens is 1. The molecule has 5 heteroatoms. The molecule has 0 aromatic carbocycles. The first-order chi connectivity index (χ1) is 5.24. The number of aryl methyl sites for hydroxylation is 1. The van der Waals surface area contributed by atoms with Crippen LogP contribution in [0.5, 0.6) is 0 Å². The maximum atomic E-state index is 5.69. The molecule has 0 unspecified atom stereocenters. The summed E-state index contributed by atoms with van der Waals surface area (Å²) in [6.45, 7) is 0.859. The summed E-state index contributed by atoms with van der Waals surface area (Å²) < 4.78 is 1.76. The van der Waals surface area contributed by atoms with Gasteiger partial charge in [-0.25, -0.2) is 0 Å². The van der Waals surface area contributed by atoms with E-state index in [9.17, 15) is 0 Å². The standard InChI is InChI=1S/C6H10ClN3S/c1-11-3-2-10-4-5(7)6(8)9-10/h4H,2-3H2,1H3,(H2,8,9). The highest BCUT2D eigenvalue weighted by Crippen LogP contribution is 2.15. The zero-order chi connectivity index (χ0) is 8.27. The first-order valence-corrected chi connectivity index (χ1v) is 4.98. The van der Waals surface area contributed by atoms with Gasteiger partial charge >= 0.3 is 0 Å². The van der Waals surface area contributed by atoms with Crippen LogP contribution in [-0.2, 0) is 6.54 Å². The number of nitrogens with two attached hydrogens (primary N) is 1. The van der Waals surface area contributed by atoms with Crippen molar-refractivity contribution in [3.63, 3.8) is 0 Å². The third-order valence-electron chi connectivity index (χ3n) is 1.27. The molecule has 0 spiro atoms. The molecule has 0 radical (unpaired) electrons. The van der Waals surface area contributed by atoms with Gasteiger partial charge in [0, 0.05) is 11.9 Å². The molecule has 0 atom stereocenters. The van der Waals surface area contributed by atoms with Crippen molar-refractivity contribution in [1.82, 2.24) is 9.78 Å². The van der Waals surface area contributed by atoms with Crippen LogP contribution in [0.25, 0.3) is 0 Å². The molecule has 0 aliphatic heterocycles. The maximum absolute atomic E-state index is 5.69. The molecule has 0 aliphatic carbocycles. The lowest BCUT2D eigenvalue weighted by Gasteiger charge is -1.96. The summed E-state index contributed by atoms with van der Waals surface area (Å²) in [5.74, 6) is 1.44. The number of nitrogen functional groups attached to an aromatic ring is 1. The minimum Gasteiger partial charge on any atom is -0.381 e. The summed E-state index contributed by atoms with van der Waals surface area (Å²) >= 11 is 7.46. The fraction of sp³-hybridized carbons (Fsp3) is 0.500. The van der Waals surface area contributed by atoms with E-state index in [0.717, 1.165) is 12.3 Å². The number of aromatic nitrogens is 2. The minimum atomic E-state index is 0.410. The molecule has 0 fully saturated rings. The maximum Gasteiger partial charge on any atom is 0.164 e. The molecule has 0 aliphatic rings. The van der Waals surface area contributed by atoms with Crippen molar-refractivity contribution < 1.29 is 0 Å². The van der Waals surface area contributed by atoms with Crippen molar-refractivity contribution in [3.05, 3.63) is 11.2 Å². The van der Waals surface area contributed by atoms with E-state index in [2.05, 4.69) is 11.4 Å². The van der Waals surface area contributed by atoms with Gasteiger partial charge in [-0.3, -0.25) is 4.68 Å². The van der Waals surface area contributed by atoms with Gasteiger partial charge in [0.05, 0.1) is 6.54 Å². The Morgan fingerprint density at radius 2 is 2.55 bits per heavy atom. The van der Waals surface area contributed by atoms with Gasteiger partial charge in [-0.1, -0.05) is 11.6 Å². The van der Waals surface area contributed by atoms with Crippen molar-refractivity contribution in [1.29, 1.82) is 0 Å². The number of hydrogen-bond acceptors (Lipinski definition) is 3. The van der Waals surface area contributed by atoms with Crippen LogP contribution in [0.1, 0.15) is 0 Å². The topological polar surface area (TPSA) is 43.8 Å². The SMILES string of the molecule is CSCCn1cc(Cl)c(N)n1. The van der Waals surface area contributed by atoms with Gasteiger partial charge in [0.15, 0.2) is 5.82 Å². The highest BCUT2D eigenvalue weighted by Gasteiger charge is 2.00. The Bertz CT molecular complexity index is 216. The first kappa shape index (κ1) is 8.74. The van der Waals surface area contributed by atoms with Gasteiger partial charge in [-0.05, 0) is 6.26 Å². The Morgan fingerprint density at radius 3 is 3.00 bits per heavy atom. The van der Waals surface area contributed by atoms with E-state index < -0.39 is 0 Å². The van der Waals surface area contributed by atoms with Gasteiger partial charge in [0.1, 0.15) is 5.02 Å².